The molecule has 2 saturated heterocycles. The summed E-state index contributed by atoms with van der Waals surface area (Å²) < 4.78 is 5.56. The minimum absolute atomic E-state index is 0.169. The summed E-state index contributed by atoms with van der Waals surface area (Å²) in [6.45, 7) is 3.87. The van der Waals surface area contributed by atoms with Crippen molar-refractivity contribution < 1.29 is 9.53 Å². The molecule has 1 unspecified atom stereocenters. The Morgan fingerprint density at radius 2 is 1.96 bits per heavy atom. The smallest absolute Gasteiger partial charge is 0.251 e. The van der Waals surface area contributed by atoms with Crippen LogP contribution in [0.4, 0.5) is 5.82 Å². The summed E-state index contributed by atoms with van der Waals surface area (Å²) in [5, 5.41) is 1.27. The Morgan fingerprint density at radius 1 is 1.12 bits per heavy atom. The van der Waals surface area contributed by atoms with E-state index in [-0.39, 0.29) is 12.0 Å². The van der Waals surface area contributed by atoms with Crippen LogP contribution in [0.15, 0.2) is 6.33 Å². The van der Waals surface area contributed by atoms with Crippen LogP contribution in [0.5, 0.6) is 0 Å². The van der Waals surface area contributed by atoms with Crippen LogP contribution in [-0.4, -0.2) is 59.7 Å². The first-order chi connectivity index (χ1) is 12.8. The molecule has 6 nitrogen and oxygen atoms in total. The maximum atomic E-state index is 12.6. The van der Waals surface area contributed by atoms with E-state index in [0.29, 0.717) is 0 Å². The van der Waals surface area contributed by atoms with E-state index in [0.717, 1.165) is 62.7 Å². The number of carbonyl (C=O) groups is 1. The number of rotatable bonds is 2. The molecule has 2 fully saturated rings. The fourth-order valence-corrected chi connectivity index (χ4v) is 5.65. The average molecular weight is 372 g/mol. The summed E-state index contributed by atoms with van der Waals surface area (Å²) in [6.07, 6.45) is 8.22. The standard InChI is InChI=1S/C19H24N4O2S/c24-19(14-5-3-11-25-14)23-9-7-22(8-10-23)17-16-13-4-1-2-6-15(13)26-18(16)21-12-20-17/h12,14H,1-11H2. The SMILES string of the molecule is O=C(C1CCCO1)N1CCN(c2ncnc3sc4c(c23)CCCC4)CC1. The van der Waals surface area contributed by atoms with E-state index in [1.165, 1.54) is 35.1 Å². The number of nitrogens with zero attached hydrogens (tertiary/aromatic N) is 4. The molecule has 7 heteroatoms. The van der Waals surface area contributed by atoms with Gasteiger partial charge < -0.3 is 14.5 Å². The van der Waals surface area contributed by atoms with E-state index in [9.17, 15) is 4.79 Å². The van der Waals surface area contributed by atoms with Gasteiger partial charge in [-0.1, -0.05) is 0 Å². The summed E-state index contributed by atoms with van der Waals surface area (Å²) in [4.78, 5) is 28.7. The Morgan fingerprint density at radius 3 is 2.77 bits per heavy atom. The maximum absolute atomic E-state index is 12.6. The molecule has 0 saturated carbocycles. The number of amides is 1. The second-order valence-corrected chi connectivity index (χ2v) is 8.49. The van der Waals surface area contributed by atoms with Gasteiger partial charge in [-0.05, 0) is 44.1 Å². The number of ether oxygens (including phenoxy) is 1. The van der Waals surface area contributed by atoms with Crippen LogP contribution in [0.2, 0.25) is 0 Å². The average Bonchev–Trinajstić information content (AvgIpc) is 3.35. The van der Waals surface area contributed by atoms with Gasteiger partial charge in [-0.25, -0.2) is 9.97 Å². The van der Waals surface area contributed by atoms with E-state index in [1.54, 1.807) is 6.33 Å². The quantitative estimate of drug-likeness (QED) is 0.810. The number of carbonyl (C=O) groups excluding carboxylic acids is 1. The molecular formula is C19H24N4O2S. The topological polar surface area (TPSA) is 58.6 Å². The van der Waals surface area contributed by atoms with Crippen molar-refractivity contribution in [3.63, 3.8) is 0 Å². The number of piperazine rings is 1. The molecule has 138 valence electrons. The van der Waals surface area contributed by atoms with Crippen LogP contribution >= 0.6 is 11.3 Å². The molecule has 2 aromatic heterocycles. The fraction of sp³-hybridized carbons (Fsp3) is 0.632. The van der Waals surface area contributed by atoms with E-state index in [4.69, 9.17) is 4.74 Å². The monoisotopic (exact) mass is 372 g/mol. The van der Waals surface area contributed by atoms with Crippen molar-refractivity contribution in [2.24, 2.45) is 0 Å². The number of hydrogen-bond donors (Lipinski definition) is 0. The zero-order chi connectivity index (χ0) is 17.5. The van der Waals surface area contributed by atoms with Crippen molar-refractivity contribution in [2.45, 2.75) is 44.6 Å². The summed E-state index contributed by atoms with van der Waals surface area (Å²) in [6, 6.07) is 0. The molecule has 4 heterocycles. The van der Waals surface area contributed by atoms with Gasteiger partial charge in [0.1, 0.15) is 23.1 Å². The maximum Gasteiger partial charge on any atom is 0.251 e. The zero-order valence-electron chi connectivity index (χ0n) is 14.9. The van der Waals surface area contributed by atoms with Gasteiger partial charge in [0.05, 0.1) is 5.39 Å². The predicted molar refractivity (Wildman–Crippen MR) is 102 cm³/mol. The van der Waals surface area contributed by atoms with E-state index < -0.39 is 0 Å². The summed E-state index contributed by atoms with van der Waals surface area (Å²) >= 11 is 1.84. The molecule has 26 heavy (non-hydrogen) atoms. The first kappa shape index (κ1) is 16.4. The largest absolute Gasteiger partial charge is 0.368 e. The Bertz CT molecular complexity index is 822. The lowest BCUT2D eigenvalue weighted by Gasteiger charge is -2.36. The minimum atomic E-state index is -0.212. The van der Waals surface area contributed by atoms with Gasteiger partial charge in [-0.15, -0.1) is 11.3 Å². The van der Waals surface area contributed by atoms with Crippen molar-refractivity contribution in [1.82, 2.24) is 14.9 Å². The lowest BCUT2D eigenvalue weighted by molar-refractivity contribution is -0.141. The Hall–Kier alpha value is -1.73. The molecule has 0 bridgehead atoms. The van der Waals surface area contributed by atoms with Gasteiger partial charge in [-0.3, -0.25) is 4.79 Å². The first-order valence-corrected chi connectivity index (χ1v) is 10.5. The molecule has 2 aromatic rings. The Kier molecular flexibility index (Phi) is 4.29. The molecule has 1 amide bonds. The summed E-state index contributed by atoms with van der Waals surface area (Å²) in [7, 11) is 0. The molecule has 2 aliphatic heterocycles. The normalized spacial score (nSPS) is 23.5. The van der Waals surface area contributed by atoms with Gasteiger partial charge in [0.2, 0.25) is 0 Å². The first-order valence-electron chi connectivity index (χ1n) is 9.72. The van der Waals surface area contributed by atoms with Crippen molar-refractivity contribution in [2.75, 3.05) is 37.7 Å². The highest BCUT2D eigenvalue weighted by molar-refractivity contribution is 7.19. The van der Waals surface area contributed by atoms with Gasteiger partial charge in [0, 0.05) is 37.7 Å². The second kappa shape index (κ2) is 6.78. The third-order valence-electron chi connectivity index (χ3n) is 5.83. The zero-order valence-corrected chi connectivity index (χ0v) is 15.8. The highest BCUT2D eigenvalue weighted by Crippen LogP contribution is 2.39. The molecule has 0 N–H and O–H groups in total. The Labute approximate surface area is 157 Å². The van der Waals surface area contributed by atoms with E-state index >= 15 is 0 Å². The van der Waals surface area contributed by atoms with Gasteiger partial charge in [0.25, 0.3) is 5.91 Å². The number of aryl methyl sites for hydroxylation is 2. The molecule has 1 aliphatic carbocycles. The molecule has 3 aliphatic rings. The molecule has 0 spiro atoms. The second-order valence-electron chi connectivity index (χ2n) is 7.40. The number of fused-ring (bicyclic) bond motifs is 3. The van der Waals surface area contributed by atoms with Gasteiger partial charge >= 0.3 is 0 Å². The van der Waals surface area contributed by atoms with Crippen LogP contribution in [0.25, 0.3) is 10.2 Å². The van der Waals surface area contributed by atoms with Crippen molar-refractivity contribution >= 4 is 33.3 Å². The van der Waals surface area contributed by atoms with Gasteiger partial charge in [-0.2, -0.15) is 0 Å². The fourth-order valence-electron chi connectivity index (χ4n) is 4.43. The van der Waals surface area contributed by atoms with Crippen LogP contribution in [-0.2, 0) is 22.4 Å². The summed E-state index contributed by atoms with van der Waals surface area (Å²) in [5.41, 5.74) is 1.48. The third-order valence-corrected chi connectivity index (χ3v) is 7.03. The molecule has 0 radical (unpaired) electrons. The lowest BCUT2D eigenvalue weighted by Crippen LogP contribution is -2.51. The van der Waals surface area contributed by atoms with Crippen LogP contribution in [0.3, 0.4) is 0 Å². The number of hydrogen-bond acceptors (Lipinski definition) is 6. The number of aromatic nitrogens is 2. The van der Waals surface area contributed by atoms with Crippen molar-refractivity contribution in [1.29, 1.82) is 0 Å². The highest BCUT2D eigenvalue weighted by Gasteiger charge is 2.31. The van der Waals surface area contributed by atoms with Crippen LogP contribution in [0.1, 0.15) is 36.1 Å². The number of anilines is 1. The number of thiophene rings is 1. The van der Waals surface area contributed by atoms with Crippen LogP contribution < -0.4 is 4.90 Å². The third kappa shape index (κ3) is 2.77. The van der Waals surface area contributed by atoms with Crippen LogP contribution in [0, 0.1) is 0 Å². The molecular weight excluding hydrogens is 348 g/mol. The van der Waals surface area contributed by atoms with E-state index in [1.807, 2.05) is 16.2 Å². The summed E-state index contributed by atoms with van der Waals surface area (Å²) in [5.74, 6) is 1.24. The highest BCUT2D eigenvalue weighted by atomic mass is 32.1. The lowest BCUT2D eigenvalue weighted by atomic mass is 9.97. The van der Waals surface area contributed by atoms with Gasteiger partial charge in [0.15, 0.2) is 0 Å². The minimum Gasteiger partial charge on any atom is -0.368 e. The van der Waals surface area contributed by atoms with Crippen molar-refractivity contribution in [3.05, 3.63) is 16.8 Å². The molecule has 1 atom stereocenters. The van der Waals surface area contributed by atoms with E-state index in [2.05, 4.69) is 14.9 Å². The van der Waals surface area contributed by atoms with Crippen molar-refractivity contribution in [3.8, 4) is 0 Å². The Balaban J connectivity index is 1.36. The predicted octanol–water partition coefficient (Wildman–Crippen LogP) is 2.40. The molecule has 5 rings (SSSR count). The molecule has 0 aromatic carbocycles.